The lowest BCUT2D eigenvalue weighted by Crippen LogP contribution is -2.38. The van der Waals surface area contributed by atoms with Crippen molar-refractivity contribution in [2.75, 3.05) is 18.0 Å². The number of methoxy groups -OCH3 is 1. The van der Waals surface area contributed by atoms with E-state index in [9.17, 15) is 13.2 Å². The van der Waals surface area contributed by atoms with Crippen molar-refractivity contribution in [3.05, 3.63) is 84.2 Å². The van der Waals surface area contributed by atoms with Gasteiger partial charge in [0.2, 0.25) is 0 Å². The van der Waals surface area contributed by atoms with E-state index in [2.05, 4.69) is 4.98 Å². The molecule has 0 bridgehead atoms. The second-order valence-electron chi connectivity index (χ2n) is 6.32. The monoisotopic (exact) mass is 438 g/mol. The summed E-state index contributed by atoms with van der Waals surface area (Å²) in [6.07, 6.45) is 5.88. The van der Waals surface area contributed by atoms with Crippen molar-refractivity contribution in [3.8, 4) is 5.75 Å². The molecule has 0 aliphatic heterocycles. The fraction of sp³-hybridized carbons (Fsp3) is 0.130. The molecule has 0 atom stereocenters. The molecule has 0 radical (unpaired) electrons. The molecule has 0 aliphatic carbocycles. The molecule has 0 N–H and O–H groups in total. The molecule has 0 unspecified atom stereocenters. The number of nitrogens with zero attached hydrogens (tertiary/aromatic N) is 2. The topological polar surface area (TPSA) is 85.8 Å². The molecule has 0 fully saturated rings. The Kier molecular flexibility index (Phi) is 7.04. The Morgan fingerprint density at radius 1 is 1.00 bits per heavy atom. The van der Waals surface area contributed by atoms with Crippen LogP contribution >= 0.6 is 0 Å². The molecule has 3 rings (SSSR count). The number of benzene rings is 2. The first-order valence-corrected chi connectivity index (χ1v) is 10.9. The van der Waals surface area contributed by atoms with Crippen LogP contribution in [-0.2, 0) is 14.8 Å². The van der Waals surface area contributed by atoms with Gasteiger partial charge in [0.25, 0.3) is 10.0 Å². The van der Waals surface area contributed by atoms with Gasteiger partial charge in [-0.25, -0.2) is 13.2 Å². The molecule has 0 saturated heterocycles. The third-order valence-corrected chi connectivity index (χ3v) is 6.04. The summed E-state index contributed by atoms with van der Waals surface area (Å²) in [6.45, 7) is 1.65. The van der Waals surface area contributed by atoms with Crippen LogP contribution < -0.4 is 9.04 Å². The summed E-state index contributed by atoms with van der Waals surface area (Å²) in [5, 5.41) is 0. The van der Waals surface area contributed by atoms with Crippen molar-refractivity contribution in [2.45, 2.75) is 11.8 Å². The van der Waals surface area contributed by atoms with Crippen LogP contribution in [0.3, 0.4) is 0 Å². The lowest BCUT2D eigenvalue weighted by Gasteiger charge is -2.23. The van der Waals surface area contributed by atoms with E-state index in [0.717, 1.165) is 5.56 Å². The van der Waals surface area contributed by atoms with E-state index in [-0.39, 0.29) is 17.2 Å². The van der Waals surface area contributed by atoms with Gasteiger partial charge in [-0.1, -0.05) is 30.4 Å². The van der Waals surface area contributed by atoms with E-state index < -0.39 is 16.1 Å². The second kappa shape index (κ2) is 9.90. The highest BCUT2D eigenvalue weighted by Crippen LogP contribution is 2.30. The molecule has 31 heavy (non-hydrogen) atoms. The maximum absolute atomic E-state index is 13.4. The lowest BCUT2D eigenvalue weighted by atomic mass is 10.1. The zero-order valence-corrected chi connectivity index (χ0v) is 18.0. The summed E-state index contributed by atoms with van der Waals surface area (Å²) in [5.41, 5.74) is 1.59. The number of amides is 1. The smallest absolute Gasteiger partial charge is 0.428 e. The van der Waals surface area contributed by atoms with Gasteiger partial charge in [0, 0.05) is 12.4 Å². The zero-order chi connectivity index (χ0) is 22.3. The highest BCUT2D eigenvalue weighted by Gasteiger charge is 2.33. The number of ether oxygens (including phenoxy) is 2. The quantitative estimate of drug-likeness (QED) is 0.535. The average molecular weight is 439 g/mol. The van der Waals surface area contributed by atoms with Crippen molar-refractivity contribution in [1.82, 2.24) is 4.98 Å². The first-order valence-electron chi connectivity index (χ1n) is 9.50. The van der Waals surface area contributed by atoms with Gasteiger partial charge in [-0.2, -0.15) is 4.31 Å². The van der Waals surface area contributed by atoms with Gasteiger partial charge >= 0.3 is 6.09 Å². The van der Waals surface area contributed by atoms with Crippen molar-refractivity contribution in [1.29, 1.82) is 0 Å². The minimum atomic E-state index is -4.25. The molecule has 1 aromatic heterocycles. The van der Waals surface area contributed by atoms with Gasteiger partial charge in [-0.05, 0) is 60.5 Å². The number of carbonyl (C=O) groups excluding carboxylic acids is 1. The third-order valence-electron chi connectivity index (χ3n) is 4.35. The molecular weight excluding hydrogens is 416 g/mol. The first-order chi connectivity index (χ1) is 15.0. The Labute approximate surface area is 181 Å². The van der Waals surface area contributed by atoms with Crippen molar-refractivity contribution in [2.24, 2.45) is 0 Å². The van der Waals surface area contributed by atoms with Crippen LogP contribution in [0.25, 0.3) is 12.2 Å². The summed E-state index contributed by atoms with van der Waals surface area (Å²) in [7, 11) is -2.76. The maximum atomic E-state index is 13.4. The molecule has 3 aromatic rings. The summed E-state index contributed by atoms with van der Waals surface area (Å²) in [6, 6.07) is 16.1. The van der Waals surface area contributed by atoms with Gasteiger partial charge in [-0.3, -0.25) is 4.98 Å². The molecule has 1 amide bonds. The number of carbonyl (C=O) groups is 1. The van der Waals surface area contributed by atoms with Gasteiger partial charge in [0.1, 0.15) is 5.75 Å². The van der Waals surface area contributed by atoms with Gasteiger partial charge in [0.15, 0.2) is 0 Å². The maximum Gasteiger partial charge on any atom is 0.428 e. The normalized spacial score (nSPS) is 11.3. The van der Waals surface area contributed by atoms with E-state index in [1.807, 2.05) is 18.2 Å². The average Bonchev–Trinajstić information content (AvgIpc) is 2.79. The minimum Gasteiger partial charge on any atom is -0.497 e. The standard InChI is InChI=1S/C23H22N2O5S/c1-3-30-23(26)25(31(27,28)21-12-10-20(29-2)11-13-21)22-7-5-4-6-19(22)9-8-18-14-16-24-17-15-18/h4-17H,3H2,1-2H3/b9-8+. The second-order valence-corrected chi connectivity index (χ2v) is 8.10. The Hall–Kier alpha value is -3.65. The molecule has 0 saturated carbocycles. The van der Waals surface area contributed by atoms with E-state index >= 15 is 0 Å². The van der Waals surface area contributed by atoms with E-state index in [4.69, 9.17) is 9.47 Å². The fourth-order valence-electron chi connectivity index (χ4n) is 2.84. The number of aromatic nitrogens is 1. The SMILES string of the molecule is CCOC(=O)N(c1ccccc1/C=C/c1ccncc1)S(=O)(=O)c1ccc(OC)cc1. The highest BCUT2D eigenvalue weighted by atomic mass is 32.2. The molecule has 7 nitrogen and oxygen atoms in total. The number of para-hydroxylation sites is 1. The number of sulfonamides is 1. The van der Waals surface area contributed by atoms with E-state index in [1.54, 1.807) is 49.7 Å². The molecular formula is C23H22N2O5S. The molecule has 1 heterocycles. The Morgan fingerprint density at radius 3 is 2.32 bits per heavy atom. The molecule has 2 aromatic carbocycles. The third kappa shape index (κ3) is 5.10. The van der Waals surface area contributed by atoms with Crippen LogP contribution in [0.2, 0.25) is 0 Å². The van der Waals surface area contributed by atoms with Crippen LogP contribution in [0, 0.1) is 0 Å². The number of pyridine rings is 1. The van der Waals surface area contributed by atoms with Gasteiger partial charge < -0.3 is 9.47 Å². The van der Waals surface area contributed by atoms with Crippen molar-refractivity contribution in [3.63, 3.8) is 0 Å². The molecule has 0 spiro atoms. The minimum absolute atomic E-state index is 0.0302. The fourth-order valence-corrected chi connectivity index (χ4v) is 4.20. The van der Waals surface area contributed by atoms with E-state index in [0.29, 0.717) is 15.6 Å². The summed E-state index contributed by atoms with van der Waals surface area (Å²) in [4.78, 5) is 16.7. The summed E-state index contributed by atoms with van der Waals surface area (Å²) >= 11 is 0. The largest absolute Gasteiger partial charge is 0.497 e. The Morgan fingerprint density at radius 2 is 1.68 bits per heavy atom. The van der Waals surface area contributed by atoms with Crippen LogP contribution in [0.5, 0.6) is 5.75 Å². The zero-order valence-electron chi connectivity index (χ0n) is 17.1. The predicted molar refractivity (Wildman–Crippen MR) is 119 cm³/mol. The Bertz CT molecular complexity index is 1160. The first kappa shape index (κ1) is 22.0. The van der Waals surface area contributed by atoms with Crippen LogP contribution in [0.15, 0.2) is 78.0 Å². The van der Waals surface area contributed by atoms with Crippen molar-refractivity contribution < 1.29 is 22.7 Å². The number of hydrogen-bond acceptors (Lipinski definition) is 6. The van der Waals surface area contributed by atoms with Crippen LogP contribution in [0.4, 0.5) is 10.5 Å². The molecule has 0 aliphatic rings. The lowest BCUT2D eigenvalue weighted by molar-refractivity contribution is 0.164. The van der Waals surface area contributed by atoms with Gasteiger partial charge in [0.05, 0.1) is 24.3 Å². The summed E-state index contributed by atoms with van der Waals surface area (Å²) < 4.78 is 37.7. The summed E-state index contributed by atoms with van der Waals surface area (Å²) in [5.74, 6) is 0.502. The number of anilines is 1. The highest BCUT2D eigenvalue weighted by molar-refractivity contribution is 7.93. The molecule has 8 heteroatoms. The van der Waals surface area contributed by atoms with Crippen LogP contribution in [0.1, 0.15) is 18.1 Å². The van der Waals surface area contributed by atoms with Crippen molar-refractivity contribution >= 4 is 34.0 Å². The number of hydrogen-bond donors (Lipinski definition) is 0. The Balaban J connectivity index is 2.09. The van der Waals surface area contributed by atoms with Crippen LogP contribution in [-0.4, -0.2) is 33.2 Å². The number of rotatable bonds is 7. The molecule has 160 valence electrons. The predicted octanol–water partition coefficient (Wildman–Crippen LogP) is 4.61. The van der Waals surface area contributed by atoms with Gasteiger partial charge in [-0.15, -0.1) is 0 Å². The van der Waals surface area contributed by atoms with E-state index in [1.165, 1.54) is 31.4 Å².